The molecule has 1 aromatic carbocycles. The second-order valence-corrected chi connectivity index (χ2v) is 5.78. The van der Waals surface area contributed by atoms with E-state index < -0.39 is 0 Å². The highest BCUT2D eigenvalue weighted by Gasteiger charge is 2.27. The molecule has 1 fully saturated rings. The van der Waals surface area contributed by atoms with Crippen molar-refractivity contribution in [2.45, 2.75) is 25.3 Å². The van der Waals surface area contributed by atoms with Gasteiger partial charge in [0.15, 0.2) is 0 Å². The van der Waals surface area contributed by atoms with Gasteiger partial charge in [0.25, 0.3) is 0 Å². The van der Waals surface area contributed by atoms with E-state index in [0.29, 0.717) is 28.5 Å². The highest BCUT2D eigenvalue weighted by Crippen LogP contribution is 2.38. The highest BCUT2D eigenvalue weighted by atomic mass is 35.5. The van der Waals surface area contributed by atoms with Crippen molar-refractivity contribution in [3.05, 3.63) is 45.8 Å². The summed E-state index contributed by atoms with van der Waals surface area (Å²) in [6, 6.07) is 7.29. The van der Waals surface area contributed by atoms with Crippen molar-refractivity contribution in [1.82, 2.24) is 9.97 Å². The number of rotatable bonds is 5. The molecule has 0 atom stereocenters. The van der Waals surface area contributed by atoms with Gasteiger partial charge >= 0.3 is 0 Å². The highest BCUT2D eigenvalue weighted by molar-refractivity contribution is 6.31. The van der Waals surface area contributed by atoms with Crippen molar-refractivity contribution in [2.75, 3.05) is 12.4 Å². The maximum absolute atomic E-state index is 6.22. The first-order valence-corrected chi connectivity index (χ1v) is 7.52. The summed E-state index contributed by atoms with van der Waals surface area (Å²) in [7, 11) is 1.63. The molecule has 0 amide bonds. The Kier molecular flexibility index (Phi) is 4.17. The van der Waals surface area contributed by atoms with Crippen LogP contribution in [0.4, 0.5) is 5.82 Å². The average molecular weight is 324 g/mol. The fraction of sp³-hybridized carbons (Fsp3) is 0.333. The van der Waals surface area contributed by atoms with E-state index in [1.54, 1.807) is 13.2 Å². The van der Waals surface area contributed by atoms with Gasteiger partial charge in [-0.3, -0.25) is 0 Å². The van der Waals surface area contributed by atoms with Crippen molar-refractivity contribution < 1.29 is 4.74 Å². The van der Waals surface area contributed by atoms with Gasteiger partial charge < -0.3 is 10.1 Å². The zero-order chi connectivity index (χ0) is 14.8. The standard InChI is InChI=1S/C15H15Cl2N3O/c1-21-12-4-2-3-11(16)10(12)8-18-14-7-13(17)19-15(20-14)9-5-6-9/h2-4,7,9H,5-6,8H2,1H3,(H,18,19,20). The number of benzene rings is 1. The first kappa shape index (κ1) is 14.4. The number of aromatic nitrogens is 2. The third-order valence-corrected chi connectivity index (χ3v) is 3.94. The number of nitrogens with one attached hydrogen (secondary N) is 1. The molecule has 4 nitrogen and oxygen atoms in total. The van der Waals surface area contributed by atoms with E-state index in [4.69, 9.17) is 27.9 Å². The van der Waals surface area contributed by atoms with E-state index in [-0.39, 0.29) is 0 Å². The van der Waals surface area contributed by atoms with E-state index in [0.717, 1.165) is 30.0 Å². The minimum absolute atomic E-state index is 0.457. The minimum atomic E-state index is 0.457. The average Bonchev–Trinajstić information content (AvgIpc) is 3.29. The van der Waals surface area contributed by atoms with Gasteiger partial charge in [-0.1, -0.05) is 29.3 Å². The second kappa shape index (κ2) is 6.08. The smallest absolute Gasteiger partial charge is 0.135 e. The molecule has 0 radical (unpaired) electrons. The maximum atomic E-state index is 6.22. The Morgan fingerprint density at radius 2 is 2.10 bits per heavy atom. The number of anilines is 1. The van der Waals surface area contributed by atoms with E-state index >= 15 is 0 Å². The molecule has 1 heterocycles. The summed E-state index contributed by atoms with van der Waals surface area (Å²) in [6.07, 6.45) is 2.27. The molecular weight excluding hydrogens is 309 g/mol. The molecule has 110 valence electrons. The molecule has 0 bridgehead atoms. The third kappa shape index (κ3) is 3.39. The summed E-state index contributed by atoms with van der Waals surface area (Å²) in [5.74, 6) is 2.73. The fourth-order valence-electron chi connectivity index (χ4n) is 2.13. The monoisotopic (exact) mass is 323 g/mol. The van der Waals surface area contributed by atoms with Crippen LogP contribution in [0.3, 0.4) is 0 Å². The molecule has 1 aliphatic rings. The van der Waals surface area contributed by atoms with Crippen molar-refractivity contribution in [3.63, 3.8) is 0 Å². The summed E-state index contributed by atoms with van der Waals surface area (Å²) in [6.45, 7) is 0.514. The predicted molar refractivity (Wildman–Crippen MR) is 84.3 cm³/mol. The topological polar surface area (TPSA) is 47.0 Å². The Hall–Kier alpha value is -1.52. The van der Waals surface area contributed by atoms with Crippen LogP contribution in [-0.2, 0) is 6.54 Å². The number of methoxy groups -OCH3 is 1. The zero-order valence-corrected chi connectivity index (χ0v) is 13.1. The normalized spacial score (nSPS) is 14.0. The van der Waals surface area contributed by atoms with Crippen molar-refractivity contribution in [2.24, 2.45) is 0 Å². The largest absolute Gasteiger partial charge is 0.496 e. The van der Waals surface area contributed by atoms with Crippen LogP contribution in [0.25, 0.3) is 0 Å². The molecular formula is C15H15Cl2N3O. The van der Waals surface area contributed by atoms with Gasteiger partial charge in [0.1, 0.15) is 22.5 Å². The summed E-state index contributed by atoms with van der Waals surface area (Å²) in [4.78, 5) is 8.77. The molecule has 0 spiro atoms. The second-order valence-electron chi connectivity index (χ2n) is 4.98. The molecule has 21 heavy (non-hydrogen) atoms. The molecule has 0 aliphatic heterocycles. The Labute approximate surface area is 133 Å². The van der Waals surface area contributed by atoms with Gasteiger partial charge in [-0.05, 0) is 25.0 Å². The molecule has 2 aromatic rings. The maximum Gasteiger partial charge on any atom is 0.135 e. The van der Waals surface area contributed by atoms with Crippen LogP contribution >= 0.6 is 23.2 Å². The molecule has 0 saturated heterocycles. The quantitative estimate of drug-likeness (QED) is 0.834. The summed E-state index contributed by atoms with van der Waals surface area (Å²) >= 11 is 12.3. The van der Waals surface area contributed by atoms with Gasteiger partial charge in [0, 0.05) is 29.1 Å². The Morgan fingerprint density at radius 1 is 1.29 bits per heavy atom. The third-order valence-electron chi connectivity index (χ3n) is 3.40. The van der Waals surface area contributed by atoms with Crippen LogP contribution in [0.5, 0.6) is 5.75 Å². The molecule has 1 aromatic heterocycles. The number of nitrogens with zero attached hydrogens (tertiary/aromatic N) is 2. The number of hydrogen-bond donors (Lipinski definition) is 1. The van der Waals surface area contributed by atoms with E-state index in [9.17, 15) is 0 Å². The molecule has 0 unspecified atom stereocenters. The lowest BCUT2D eigenvalue weighted by molar-refractivity contribution is 0.410. The van der Waals surface area contributed by atoms with Crippen LogP contribution in [0.2, 0.25) is 10.2 Å². The van der Waals surface area contributed by atoms with E-state index in [2.05, 4.69) is 15.3 Å². The summed E-state index contributed by atoms with van der Waals surface area (Å²) < 4.78 is 5.33. The van der Waals surface area contributed by atoms with Crippen LogP contribution < -0.4 is 10.1 Å². The molecule has 1 saturated carbocycles. The first-order chi connectivity index (χ1) is 10.2. The molecule has 6 heteroatoms. The van der Waals surface area contributed by atoms with Gasteiger partial charge in [-0.2, -0.15) is 0 Å². The Bertz CT molecular complexity index is 659. The van der Waals surface area contributed by atoms with Gasteiger partial charge in [0.2, 0.25) is 0 Å². The van der Waals surface area contributed by atoms with E-state index in [1.807, 2.05) is 18.2 Å². The van der Waals surface area contributed by atoms with Gasteiger partial charge in [-0.25, -0.2) is 9.97 Å². The van der Waals surface area contributed by atoms with Gasteiger partial charge in [-0.15, -0.1) is 0 Å². The fourth-order valence-corrected chi connectivity index (χ4v) is 2.55. The van der Waals surface area contributed by atoms with Crippen molar-refractivity contribution >= 4 is 29.0 Å². The van der Waals surface area contributed by atoms with Crippen molar-refractivity contribution in [1.29, 1.82) is 0 Å². The lowest BCUT2D eigenvalue weighted by Gasteiger charge is -2.12. The predicted octanol–water partition coefficient (Wildman–Crippen LogP) is 4.28. The lowest BCUT2D eigenvalue weighted by atomic mass is 10.2. The Balaban J connectivity index is 1.79. The SMILES string of the molecule is COc1cccc(Cl)c1CNc1cc(Cl)nc(C2CC2)n1. The van der Waals surface area contributed by atoms with E-state index in [1.165, 1.54) is 0 Å². The summed E-state index contributed by atoms with van der Waals surface area (Å²) in [5.41, 5.74) is 0.893. The minimum Gasteiger partial charge on any atom is -0.496 e. The Morgan fingerprint density at radius 3 is 2.81 bits per heavy atom. The molecule has 3 rings (SSSR count). The molecule has 1 N–H and O–H groups in total. The number of hydrogen-bond acceptors (Lipinski definition) is 4. The summed E-state index contributed by atoms with van der Waals surface area (Å²) in [5, 5.41) is 4.36. The number of halogens is 2. The van der Waals surface area contributed by atoms with Crippen molar-refractivity contribution in [3.8, 4) is 5.75 Å². The van der Waals surface area contributed by atoms with Crippen LogP contribution in [0, 0.1) is 0 Å². The lowest BCUT2D eigenvalue weighted by Crippen LogP contribution is -2.06. The first-order valence-electron chi connectivity index (χ1n) is 6.77. The zero-order valence-electron chi connectivity index (χ0n) is 11.6. The van der Waals surface area contributed by atoms with Gasteiger partial charge in [0.05, 0.1) is 7.11 Å². The van der Waals surface area contributed by atoms with Crippen LogP contribution in [0.1, 0.15) is 30.1 Å². The van der Waals surface area contributed by atoms with Crippen LogP contribution in [-0.4, -0.2) is 17.1 Å². The number of ether oxygens (including phenoxy) is 1. The molecule has 1 aliphatic carbocycles. The van der Waals surface area contributed by atoms with Crippen LogP contribution in [0.15, 0.2) is 24.3 Å².